The second-order valence-electron chi connectivity index (χ2n) is 11.9. The van der Waals surface area contributed by atoms with Crippen LogP contribution in [0.1, 0.15) is 64.7 Å². The average Bonchev–Trinajstić information content (AvgIpc) is 3.31. The first kappa shape index (κ1) is 33.6. The van der Waals surface area contributed by atoms with Gasteiger partial charge < -0.3 is 25.6 Å². The molecule has 10 nitrogen and oxygen atoms in total. The van der Waals surface area contributed by atoms with E-state index in [2.05, 4.69) is 15.4 Å². The predicted molar refractivity (Wildman–Crippen MR) is 140 cm³/mol. The van der Waals surface area contributed by atoms with E-state index in [1.54, 1.807) is 5.32 Å². The Kier molecular flexibility index (Phi) is 10.2. The molecule has 3 heterocycles. The fraction of sp³-hybridized carbons (Fsp3) is 0.750. The Morgan fingerprint density at radius 3 is 2.34 bits per heavy atom. The van der Waals surface area contributed by atoms with Crippen molar-refractivity contribution >= 4 is 29.6 Å². The number of rotatable bonds is 11. The molecule has 3 saturated heterocycles. The molecule has 5 aliphatic rings. The first-order valence-electron chi connectivity index (χ1n) is 14.8. The van der Waals surface area contributed by atoms with Crippen molar-refractivity contribution in [3.8, 4) is 0 Å². The van der Waals surface area contributed by atoms with Gasteiger partial charge in [0.1, 0.15) is 12.1 Å². The van der Waals surface area contributed by atoms with Crippen LogP contribution in [-0.4, -0.2) is 83.9 Å². The zero-order valence-electron chi connectivity index (χ0n) is 24.1. The number of piperidine rings is 2. The van der Waals surface area contributed by atoms with Gasteiger partial charge in [-0.3, -0.25) is 19.2 Å². The Hall–Kier alpha value is -3.33. The summed E-state index contributed by atoms with van der Waals surface area (Å²) in [5.74, 6) is -13.7. The van der Waals surface area contributed by atoms with Gasteiger partial charge >= 0.3 is 18.1 Å². The molecule has 6 atom stereocenters. The number of carbonyl (C=O) groups is 5. The van der Waals surface area contributed by atoms with E-state index in [9.17, 15) is 41.5 Å². The van der Waals surface area contributed by atoms with Gasteiger partial charge in [-0.2, -0.15) is 17.6 Å². The molecule has 16 heteroatoms. The lowest BCUT2D eigenvalue weighted by molar-refractivity contribution is -0.196. The summed E-state index contributed by atoms with van der Waals surface area (Å²) in [4.78, 5) is 64.4. The van der Waals surface area contributed by atoms with Crippen LogP contribution in [0.4, 0.5) is 26.3 Å². The smallest absolute Gasteiger partial charge is 0.461 e. The SMILES string of the molecule is CCOC(=O)/C(F)=C\[C@@H](C[C@H]1CCNC1=O)NC(=O)[C@@H]1[C@H]2CC[C@H](CC2(F)F)N1C(=O)[C@H](CC1CCC1)NC(=O)C(F)(F)F. The third kappa shape index (κ3) is 7.48. The van der Waals surface area contributed by atoms with Crippen LogP contribution in [0.5, 0.6) is 0 Å². The topological polar surface area (TPSA) is 134 Å². The number of hydrogen-bond donors (Lipinski definition) is 3. The zero-order valence-corrected chi connectivity index (χ0v) is 24.1. The van der Waals surface area contributed by atoms with Crippen LogP contribution in [-0.2, 0) is 28.7 Å². The van der Waals surface area contributed by atoms with Gasteiger partial charge in [0.25, 0.3) is 5.92 Å². The molecule has 0 aromatic carbocycles. The van der Waals surface area contributed by atoms with Gasteiger partial charge in [-0.25, -0.2) is 13.6 Å². The summed E-state index contributed by atoms with van der Waals surface area (Å²) in [6.07, 6.45) is -3.60. The fourth-order valence-corrected chi connectivity index (χ4v) is 6.59. The van der Waals surface area contributed by atoms with E-state index < -0.39 is 89.9 Å². The third-order valence-corrected chi connectivity index (χ3v) is 8.96. The molecule has 246 valence electrons. The first-order valence-corrected chi connectivity index (χ1v) is 14.8. The maximum Gasteiger partial charge on any atom is 0.471 e. The number of nitrogens with zero attached hydrogens (tertiary/aromatic N) is 1. The van der Waals surface area contributed by atoms with E-state index in [0.717, 1.165) is 11.3 Å². The summed E-state index contributed by atoms with van der Waals surface area (Å²) in [6.45, 7) is 1.58. The quantitative estimate of drug-likeness (QED) is 0.181. The number of halogens is 6. The number of ether oxygens (including phenoxy) is 1. The Labute approximate surface area is 249 Å². The fourth-order valence-electron chi connectivity index (χ4n) is 6.59. The van der Waals surface area contributed by atoms with Crippen LogP contribution in [0.15, 0.2) is 11.9 Å². The average molecular weight is 639 g/mol. The van der Waals surface area contributed by atoms with Crippen LogP contribution in [0.25, 0.3) is 0 Å². The molecule has 4 amide bonds. The van der Waals surface area contributed by atoms with Gasteiger partial charge in [0.05, 0.1) is 18.6 Å². The van der Waals surface area contributed by atoms with Crippen molar-refractivity contribution in [1.29, 1.82) is 0 Å². The summed E-state index contributed by atoms with van der Waals surface area (Å²) in [5, 5.41) is 6.69. The van der Waals surface area contributed by atoms with Crippen molar-refractivity contribution in [3.05, 3.63) is 11.9 Å². The van der Waals surface area contributed by atoms with Gasteiger partial charge in [-0.05, 0) is 51.0 Å². The highest BCUT2D eigenvalue weighted by atomic mass is 19.4. The van der Waals surface area contributed by atoms with E-state index in [1.165, 1.54) is 6.92 Å². The van der Waals surface area contributed by atoms with Crippen LogP contribution >= 0.6 is 0 Å². The predicted octanol–water partition coefficient (Wildman–Crippen LogP) is 2.67. The molecule has 5 fully saturated rings. The second kappa shape index (κ2) is 13.3. The van der Waals surface area contributed by atoms with Crippen LogP contribution in [0.3, 0.4) is 0 Å². The van der Waals surface area contributed by atoms with E-state index in [0.29, 0.717) is 31.9 Å². The molecule has 3 aliphatic heterocycles. The van der Waals surface area contributed by atoms with Gasteiger partial charge in [-0.1, -0.05) is 19.3 Å². The molecule has 2 saturated carbocycles. The molecule has 0 aromatic heterocycles. The summed E-state index contributed by atoms with van der Waals surface area (Å²) >= 11 is 0. The lowest BCUT2D eigenvalue weighted by Gasteiger charge is -2.54. The highest BCUT2D eigenvalue weighted by Gasteiger charge is 2.61. The third-order valence-electron chi connectivity index (χ3n) is 8.96. The van der Waals surface area contributed by atoms with E-state index >= 15 is 8.78 Å². The van der Waals surface area contributed by atoms with Crippen LogP contribution in [0, 0.1) is 17.8 Å². The molecular formula is C28H36F6N4O6. The van der Waals surface area contributed by atoms with Crippen molar-refractivity contribution in [2.24, 2.45) is 17.8 Å². The molecule has 5 rings (SSSR count). The van der Waals surface area contributed by atoms with Gasteiger partial charge in [-0.15, -0.1) is 0 Å². The Balaban J connectivity index is 1.64. The highest BCUT2D eigenvalue weighted by molar-refractivity contribution is 5.94. The van der Waals surface area contributed by atoms with E-state index in [-0.39, 0.29) is 38.2 Å². The lowest BCUT2D eigenvalue weighted by Crippen LogP contribution is -2.71. The van der Waals surface area contributed by atoms with Crippen molar-refractivity contribution in [2.75, 3.05) is 13.2 Å². The molecule has 2 aliphatic carbocycles. The number of alkyl halides is 5. The number of amides is 4. The lowest BCUT2D eigenvalue weighted by atomic mass is 9.71. The Morgan fingerprint density at radius 1 is 1.09 bits per heavy atom. The molecule has 0 spiro atoms. The Morgan fingerprint density at radius 2 is 1.80 bits per heavy atom. The standard InChI is InChI=1S/C28H36F6N4O6/c1-2-44-25(42)19(29)12-16(11-15-8-9-35-22(15)39)36-23(40)21-18-7-6-17(13-27(18,30)31)38(21)24(41)20(10-14-4-3-5-14)37-26(43)28(32,33)34/h12,14-18,20-21H,2-11,13H2,1H3,(H,35,39)(H,36,40)(H,37,43)/b19-12+/t15-,16-,17-,18-,20+,21+/m1/s1. The largest absolute Gasteiger partial charge is 0.471 e. The van der Waals surface area contributed by atoms with Crippen molar-refractivity contribution in [3.63, 3.8) is 0 Å². The summed E-state index contributed by atoms with van der Waals surface area (Å²) in [7, 11) is 0. The minimum atomic E-state index is -5.31. The van der Waals surface area contributed by atoms with Crippen LogP contribution in [0.2, 0.25) is 0 Å². The molecule has 3 N–H and O–H groups in total. The number of carbonyl (C=O) groups excluding carboxylic acids is 5. The minimum absolute atomic E-state index is 0.0577. The summed E-state index contributed by atoms with van der Waals surface area (Å²) < 4.78 is 89.1. The maximum absolute atomic E-state index is 15.2. The Bertz CT molecular complexity index is 1180. The van der Waals surface area contributed by atoms with Crippen LogP contribution < -0.4 is 16.0 Å². The molecular weight excluding hydrogens is 602 g/mol. The van der Waals surface area contributed by atoms with E-state index in [4.69, 9.17) is 0 Å². The molecule has 0 radical (unpaired) electrons. The highest BCUT2D eigenvalue weighted by Crippen LogP contribution is 2.49. The number of hydrogen-bond acceptors (Lipinski definition) is 6. The number of nitrogens with one attached hydrogen (secondary N) is 3. The summed E-state index contributed by atoms with van der Waals surface area (Å²) in [5.41, 5.74) is 0. The maximum atomic E-state index is 15.2. The monoisotopic (exact) mass is 638 g/mol. The molecule has 0 aromatic rings. The van der Waals surface area contributed by atoms with Gasteiger partial charge in [0.2, 0.25) is 23.5 Å². The molecule has 44 heavy (non-hydrogen) atoms. The van der Waals surface area contributed by atoms with Gasteiger partial charge in [0, 0.05) is 24.9 Å². The minimum Gasteiger partial charge on any atom is -0.461 e. The number of esters is 1. The van der Waals surface area contributed by atoms with Gasteiger partial charge in [0.15, 0.2) is 0 Å². The zero-order chi connectivity index (χ0) is 32.4. The molecule has 0 unspecified atom stereocenters. The van der Waals surface area contributed by atoms with Crippen molar-refractivity contribution in [1.82, 2.24) is 20.9 Å². The normalized spacial score (nSPS) is 28.0. The van der Waals surface area contributed by atoms with Crippen molar-refractivity contribution < 1.29 is 55.1 Å². The number of fused-ring (bicyclic) bond motifs is 3. The van der Waals surface area contributed by atoms with E-state index in [1.807, 2.05) is 0 Å². The second-order valence-corrected chi connectivity index (χ2v) is 11.9. The first-order chi connectivity index (χ1) is 20.6. The summed E-state index contributed by atoms with van der Waals surface area (Å²) in [6, 6.07) is -6.15. The molecule has 2 bridgehead atoms. The van der Waals surface area contributed by atoms with Crippen molar-refractivity contribution in [2.45, 2.75) is 101 Å².